The Morgan fingerprint density at radius 1 is 1.20 bits per heavy atom. The molecule has 3 heteroatoms. The molecule has 0 aromatic heterocycles. The van der Waals surface area contributed by atoms with Crippen molar-refractivity contribution >= 4 is 5.91 Å². The molecule has 0 atom stereocenters. The van der Waals surface area contributed by atoms with Gasteiger partial charge in [0.25, 0.3) is 0 Å². The molecule has 1 amide bonds. The smallest absolute Gasteiger partial charge is 0.225 e. The summed E-state index contributed by atoms with van der Waals surface area (Å²) < 4.78 is 0. The van der Waals surface area contributed by atoms with Gasteiger partial charge in [-0.15, -0.1) is 5.92 Å². The molecule has 2 fully saturated rings. The first-order valence-corrected chi connectivity index (χ1v) is 7.97. The summed E-state index contributed by atoms with van der Waals surface area (Å²) in [5.74, 6) is 6.55. The number of hydrogen-bond donors (Lipinski definition) is 0. The predicted molar refractivity (Wildman–Crippen MR) is 84.3 cm³/mol. The zero-order chi connectivity index (χ0) is 15.2. The molecule has 114 valence electrons. The van der Waals surface area contributed by atoms with Gasteiger partial charge in [0.05, 0.1) is 6.54 Å². The van der Waals surface area contributed by atoms with E-state index in [1.54, 1.807) is 0 Å². The van der Waals surface area contributed by atoms with Crippen LogP contribution in [0.2, 0.25) is 0 Å². The van der Waals surface area contributed by atoms with Crippen LogP contribution in [0.5, 0.6) is 0 Å². The van der Waals surface area contributed by atoms with Gasteiger partial charge in [-0.25, -0.2) is 0 Å². The topological polar surface area (TPSA) is 23.6 Å². The van der Waals surface area contributed by atoms with E-state index in [0.29, 0.717) is 11.3 Å². The standard InChI is InChI=1S/C15H24N2O.C2H6/c1-4-5-8-16-9-6-15(7-10-16)11-17(12-15)14(18)13(2)3;1-2/h13H,6-12H2,1-3H3;1-2H3. The molecule has 0 unspecified atom stereocenters. The van der Waals surface area contributed by atoms with E-state index in [9.17, 15) is 4.79 Å². The lowest BCUT2D eigenvalue weighted by Crippen LogP contribution is -2.62. The molecule has 0 aromatic rings. The van der Waals surface area contributed by atoms with Gasteiger partial charge < -0.3 is 4.90 Å². The summed E-state index contributed by atoms with van der Waals surface area (Å²) in [6, 6.07) is 0. The molecule has 0 bridgehead atoms. The van der Waals surface area contributed by atoms with Crippen LogP contribution in [-0.4, -0.2) is 48.4 Å². The van der Waals surface area contributed by atoms with Crippen LogP contribution >= 0.6 is 0 Å². The highest BCUT2D eigenvalue weighted by Crippen LogP contribution is 2.40. The number of amides is 1. The molecule has 3 nitrogen and oxygen atoms in total. The van der Waals surface area contributed by atoms with Crippen molar-refractivity contribution in [2.75, 3.05) is 32.7 Å². The van der Waals surface area contributed by atoms with Gasteiger partial charge in [-0.1, -0.05) is 33.6 Å². The molecule has 2 aliphatic heterocycles. The first-order valence-electron chi connectivity index (χ1n) is 7.97. The summed E-state index contributed by atoms with van der Waals surface area (Å²) in [6.07, 6.45) is 2.44. The van der Waals surface area contributed by atoms with Crippen LogP contribution < -0.4 is 0 Å². The van der Waals surface area contributed by atoms with E-state index in [2.05, 4.69) is 16.7 Å². The Kier molecular flexibility index (Phi) is 6.55. The molecule has 0 N–H and O–H groups in total. The number of nitrogens with zero attached hydrogens (tertiary/aromatic N) is 2. The fourth-order valence-electron chi connectivity index (χ4n) is 2.98. The highest BCUT2D eigenvalue weighted by atomic mass is 16.2. The van der Waals surface area contributed by atoms with Crippen molar-refractivity contribution in [3.05, 3.63) is 0 Å². The second-order valence-corrected chi connectivity index (χ2v) is 6.05. The minimum absolute atomic E-state index is 0.141. The summed E-state index contributed by atoms with van der Waals surface area (Å²) >= 11 is 0. The number of carbonyl (C=O) groups excluding carboxylic acids is 1. The largest absolute Gasteiger partial charge is 0.341 e. The molecule has 2 heterocycles. The minimum atomic E-state index is 0.141. The Labute approximate surface area is 124 Å². The maximum atomic E-state index is 11.9. The zero-order valence-electron chi connectivity index (χ0n) is 13.8. The predicted octanol–water partition coefficient (Wildman–Crippen LogP) is 2.62. The minimum Gasteiger partial charge on any atom is -0.341 e. The number of piperidine rings is 1. The van der Waals surface area contributed by atoms with Crippen LogP contribution in [0.4, 0.5) is 0 Å². The molecular weight excluding hydrogens is 248 g/mol. The SMILES string of the molecule is CC.CC#CCN1CCC2(CC1)CN(C(=O)C(C)C)C2. The molecule has 20 heavy (non-hydrogen) atoms. The van der Waals surface area contributed by atoms with Gasteiger partial charge in [0.2, 0.25) is 5.91 Å². The molecular formula is C17H30N2O. The van der Waals surface area contributed by atoms with E-state index in [-0.39, 0.29) is 5.92 Å². The van der Waals surface area contributed by atoms with Gasteiger partial charge >= 0.3 is 0 Å². The first-order chi connectivity index (χ1) is 9.56. The molecule has 2 saturated heterocycles. The number of likely N-dealkylation sites (tertiary alicyclic amines) is 2. The van der Waals surface area contributed by atoms with Gasteiger partial charge in [-0.3, -0.25) is 9.69 Å². The normalized spacial score (nSPS) is 20.6. The van der Waals surface area contributed by atoms with Crippen molar-refractivity contribution < 1.29 is 4.79 Å². The van der Waals surface area contributed by atoms with E-state index in [1.807, 2.05) is 39.5 Å². The van der Waals surface area contributed by atoms with Crippen LogP contribution in [0.3, 0.4) is 0 Å². The molecule has 0 radical (unpaired) electrons. The second-order valence-electron chi connectivity index (χ2n) is 6.05. The van der Waals surface area contributed by atoms with Crippen molar-refractivity contribution in [2.45, 2.75) is 47.5 Å². The molecule has 2 rings (SSSR count). The average Bonchev–Trinajstić information content (AvgIpc) is 2.44. The fourth-order valence-corrected chi connectivity index (χ4v) is 2.98. The third kappa shape index (κ3) is 3.99. The van der Waals surface area contributed by atoms with Crippen molar-refractivity contribution in [3.8, 4) is 11.8 Å². The van der Waals surface area contributed by atoms with Crippen LogP contribution in [0.15, 0.2) is 0 Å². The Hall–Kier alpha value is -1.01. The summed E-state index contributed by atoms with van der Waals surface area (Å²) in [5.41, 5.74) is 0.431. The van der Waals surface area contributed by atoms with E-state index < -0.39 is 0 Å². The van der Waals surface area contributed by atoms with Crippen molar-refractivity contribution in [3.63, 3.8) is 0 Å². The van der Waals surface area contributed by atoms with Gasteiger partial charge in [-0.05, 0) is 32.9 Å². The molecule has 0 saturated carbocycles. The van der Waals surface area contributed by atoms with Gasteiger partial charge in [0.1, 0.15) is 0 Å². The van der Waals surface area contributed by atoms with Crippen LogP contribution in [-0.2, 0) is 4.79 Å². The summed E-state index contributed by atoms with van der Waals surface area (Å²) in [5, 5.41) is 0. The average molecular weight is 278 g/mol. The summed E-state index contributed by atoms with van der Waals surface area (Å²) in [4.78, 5) is 16.3. The molecule has 0 aliphatic carbocycles. The third-order valence-corrected chi connectivity index (χ3v) is 4.25. The molecule has 2 aliphatic rings. The molecule has 1 spiro atoms. The number of carbonyl (C=O) groups is 1. The van der Waals surface area contributed by atoms with Crippen molar-refractivity contribution in [1.29, 1.82) is 0 Å². The van der Waals surface area contributed by atoms with E-state index in [0.717, 1.165) is 32.7 Å². The maximum Gasteiger partial charge on any atom is 0.225 e. The van der Waals surface area contributed by atoms with Gasteiger partial charge in [-0.2, -0.15) is 0 Å². The Morgan fingerprint density at radius 2 is 1.75 bits per heavy atom. The first kappa shape index (κ1) is 17.0. The maximum absolute atomic E-state index is 11.9. The highest BCUT2D eigenvalue weighted by Gasteiger charge is 2.46. The van der Waals surface area contributed by atoms with E-state index in [1.165, 1.54) is 12.8 Å². The second kappa shape index (κ2) is 7.69. The van der Waals surface area contributed by atoms with Crippen LogP contribution in [0.1, 0.15) is 47.5 Å². The van der Waals surface area contributed by atoms with Gasteiger partial charge in [0, 0.05) is 24.4 Å². The van der Waals surface area contributed by atoms with Crippen LogP contribution in [0.25, 0.3) is 0 Å². The monoisotopic (exact) mass is 278 g/mol. The lowest BCUT2D eigenvalue weighted by atomic mass is 9.71. The lowest BCUT2D eigenvalue weighted by Gasteiger charge is -2.54. The fraction of sp³-hybridized carbons (Fsp3) is 0.824. The van der Waals surface area contributed by atoms with E-state index in [4.69, 9.17) is 0 Å². The van der Waals surface area contributed by atoms with Crippen LogP contribution in [0, 0.1) is 23.2 Å². The van der Waals surface area contributed by atoms with Crippen molar-refractivity contribution in [1.82, 2.24) is 9.80 Å². The number of rotatable bonds is 2. The van der Waals surface area contributed by atoms with Crippen molar-refractivity contribution in [2.24, 2.45) is 11.3 Å². The Balaban J connectivity index is 0.000000956. The Morgan fingerprint density at radius 3 is 2.20 bits per heavy atom. The molecule has 0 aromatic carbocycles. The summed E-state index contributed by atoms with van der Waals surface area (Å²) in [7, 11) is 0. The lowest BCUT2D eigenvalue weighted by molar-refractivity contribution is -0.150. The van der Waals surface area contributed by atoms with Gasteiger partial charge in [0.15, 0.2) is 0 Å². The highest BCUT2D eigenvalue weighted by molar-refractivity contribution is 5.79. The van der Waals surface area contributed by atoms with E-state index >= 15 is 0 Å². The quantitative estimate of drug-likeness (QED) is 0.725. The third-order valence-electron chi connectivity index (χ3n) is 4.25. The number of hydrogen-bond acceptors (Lipinski definition) is 2. The summed E-state index contributed by atoms with van der Waals surface area (Å²) in [6.45, 7) is 15.0. The Bertz CT molecular complexity index is 362. The zero-order valence-corrected chi connectivity index (χ0v) is 13.8.